The van der Waals surface area contributed by atoms with Gasteiger partial charge in [0.1, 0.15) is 5.75 Å². The smallest absolute Gasteiger partial charge is 0.292 e. The van der Waals surface area contributed by atoms with Crippen molar-refractivity contribution in [2.24, 2.45) is 0 Å². The number of likely N-dealkylation sites (tertiary alicyclic amines) is 1. The van der Waals surface area contributed by atoms with E-state index in [1.165, 1.54) is 16.2 Å². The van der Waals surface area contributed by atoms with Gasteiger partial charge < -0.3 is 9.64 Å². The number of carbonyl (C=O) groups is 2. The van der Waals surface area contributed by atoms with Crippen molar-refractivity contribution in [1.29, 1.82) is 0 Å². The number of anilines is 1. The van der Waals surface area contributed by atoms with Crippen molar-refractivity contribution in [2.75, 3.05) is 24.6 Å². The summed E-state index contributed by atoms with van der Waals surface area (Å²) in [4.78, 5) is 28.1. The molecule has 3 rings (SSSR count). The molecule has 2 saturated heterocycles. The lowest BCUT2D eigenvalue weighted by Gasteiger charge is -2.27. The fourth-order valence-electron chi connectivity index (χ4n) is 3.65. The maximum atomic E-state index is 12.9. The number of hydrogen-bond acceptors (Lipinski definition) is 3. The number of hydrogen-bond donors (Lipinski definition) is 1. The summed E-state index contributed by atoms with van der Waals surface area (Å²) in [6.45, 7) is 4.69. The van der Waals surface area contributed by atoms with Crippen LogP contribution in [-0.4, -0.2) is 37.6 Å². The molecule has 0 spiro atoms. The number of imide groups is 1. The van der Waals surface area contributed by atoms with Crippen molar-refractivity contribution in [3.63, 3.8) is 0 Å². The van der Waals surface area contributed by atoms with E-state index in [1.807, 2.05) is 24.3 Å². The quantitative estimate of drug-likeness (QED) is 0.636. The zero-order valence-electron chi connectivity index (χ0n) is 14.4. The van der Waals surface area contributed by atoms with Crippen molar-refractivity contribution >= 4 is 17.5 Å². The average molecular weight is 331 g/mol. The van der Waals surface area contributed by atoms with E-state index in [4.69, 9.17) is 4.74 Å². The highest BCUT2D eigenvalue weighted by atomic mass is 16.5. The van der Waals surface area contributed by atoms with Crippen LogP contribution in [0.15, 0.2) is 24.3 Å². The van der Waals surface area contributed by atoms with E-state index in [9.17, 15) is 9.59 Å². The van der Waals surface area contributed by atoms with E-state index in [0.717, 1.165) is 38.8 Å². The van der Waals surface area contributed by atoms with E-state index < -0.39 is 0 Å². The predicted molar refractivity (Wildman–Crippen MR) is 92.3 cm³/mol. The maximum absolute atomic E-state index is 12.9. The fraction of sp³-hybridized carbons (Fsp3) is 0.579. The van der Waals surface area contributed by atoms with Gasteiger partial charge in [0.05, 0.1) is 31.8 Å². The lowest BCUT2D eigenvalue weighted by atomic mass is 10.1. The minimum absolute atomic E-state index is 0.0663. The molecule has 0 bridgehead atoms. The number of nitrogens with zero attached hydrogens (tertiary/aromatic N) is 1. The third-order valence-electron chi connectivity index (χ3n) is 5.00. The second-order valence-corrected chi connectivity index (χ2v) is 6.71. The first-order valence-corrected chi connectivity index (χ1v) is 9.15. The van der Waals surface area contributed by atoms with E-state index in [-0.39, 0.29) is 17.9 Å². The zero-order valence-corrected chi connectivity index (χ0v) is 14.4. The number of unbranched alkanes of at least 4 members (excludes halogenated alkanes) is 1. The van der Waals surface area contributed by atoms with Crippen LogP contribution in [0.2, 0.25) is 0 Å². The Hall–Kier alpha value is -1.88. The van der Waals surface area contributed by atoms with Gasteiger partial charge in [-0.05, 0) is 37.8 Å². The number of carbonyl (C=O) groups excluding carboxylic acids is 2. The minimum Gasteiger partial charge on any atom is -0.491 e. The molecule has 24 heavy (non-hydrogen) atoms. The largest absolute Gasteiger partial charge is 0.491 e. The molecule has 130 valence electrons. The number of ether oxygens (including phenoxy) is 1. The normalized spacial score (nSPS) is 22.2. The summed E-state index contributed by atoms with van der Waals surface area (Å²) in [5, 5.41) is 0. The first kappa shape index (κ1) is 17.0. The van der Waals surface area contributed by atoms with Crippen LogP contribution in [0.1, 0.15) is 45.4 Å². The molecule has 2 amide bonds. The van der Waals surface area contributed by atoms with Crippen LogP contribution >= 0.6 is 0 Å². The summed E-state index contributed by atoms with van der Waals surface area (Å²) in [6.07, 6.45) is 5.84. The Morgan fingerprint density at radius 1 is 1.17 bits per heavy atom. The van der Waals surface area contributed by atoms with Gasteiger partial charge >= 0.3 is 0 Å². The second kappa shape index (κ2) is 7.79. The van der Waals surface area contributed by atoms with E-state index >= 15 is 0 Å². The SMILES string of the molecule is CCCCOc1ccccc1N1C(=O)C[C@H]([NH+]2CCCCC2)C1=O. The van der Waals surface area contributed by atoms with Crippen molar-refractivity contribution < 1.29 is 19.2 Å². The molecule has 1 atom stereocenters. The van der Waals surface area contributed by atoms with Gasteiger partial charge in [-0.15, -0.1) is 0 Å². The number of nitrogens with one attached hydrogen (secondary N) is 1. The van der Waals surface area contributed by atoms with Crippen LogP contribution in [0.4, 0.5) is 5.69 Å². The molecule has 5 heteroatoms. The van der Waals surface area contributed by atoms with Gasteiger partial charge in [-0.25, -0.2) is 4.90 Å². The minimum atomic E-state index is -0.221. The van der Waals surface area contributed by atoms with Crippen LogP contribution in [-0.2, 0) is 9.59 Å². The molecule has 0 saturated carbocycles. The molecule has 0 radical (unpaired) electrons. The van der Waals surface area contributed by atoms with Crippen LogP contribution in [0, 0.1) is 0 Å². The van der Waals surface area contributed by atoms with Crippen molar-refractivity contribution in [1.82, 2.24) is 0 Å². The molecule has 0 unspecified atom stereocenters. The topological polar surface area (TPSA) is 51.0 Å². The van der Waals surface area contributed by atoms with Crippen LogP contribution in [0.25, 0.3) is 0 Å². The van der Waals surface area contributed by atoms with Crippen LogP contribution in [0.3, 0.4) is 0 Å². The van der Waals surface area contributed by atoms with Gasteiger partial charge in [0.2, 0.25) is 5.91 Å². The molecule has 2 aliphatic rings. The monoisotopic (exact) mass is 331 g/mol. The van der Waals surface area contributed by atoms with Crippen LogP contribution in [0.5, 0.6) is 5.75 Å². The number of quaternary nitrogens is 1. The number of amides is 2. The van der Waals surface area contributed by atoms with Gasteiger partial charge in [0.15, 0.2) is 6.04 Å². The average Bonchev–Trinajstić information content (AvgIpc) is 2.91. The maximum Gasteiger partial charge on any atom is 0.292 e. The Morgan fingerprint density at radius 3 is 2.67 bits per heavy atom. The molecule has 2 aliphatic heterocycles. The highest BCUT2D eigenvalue weighted by Crippen LogP contribution is 2.31. The summed E-state index contributed by atoms with van der Waals surface area (Å²) < 4.78 is 5.81. The lowest BCUT2D eigenvalue weighted by Crippen LogP contribution is -3.17. The molecular weight excluding hydrogens is 304 g/mol. The Kier molecular flexibility index (Phi) is 5.51. The van der Waals surface area contributed by atoms with Gasteiger partial charge in [0, 0.05) is 0 Å². The molecule has 0 aromatic heterocycles. The lowest BCUT2D eigenvalue weighted by molar-refractivity contribution is -0.919. The van der Waals surface area contributed by atoms with Gasteiger partial charge in [-0.2, -0.15) is 0 Å². The Labute approximate surface area is 143 Å². The molecule has 1 N–H and O–H groups in total. The molecule has 1 aromatic carbocycles. The van der Waals surface area contributed by atoms with Gasteiger partial charge in [-0.1, -0.05) is 25.5 Å². The molecule has 2 fully saturated rings. The number of piperidine rings is 1. The van der Waals surface area contributed by atoms with E-state index in [2.05, 4.69) is 6.92 Å². The highest BCUT2D eigenvalue weighted by Gasteiger charge is 2.46. The van der Waals surface area contributed by atoms with E-state index in [1.54, 1.807) is 0 Å². The molecular formula is C19H27N2O3+. The van der Waals surface area contributed by atoms with Crippen molar-refractivity contribution in [3.05, 3.63) is 24.3 Å². The third kappa shape index (κ3) is 3.46. The third-order valence-corrected chi connectivity index (χ3v) is 5.00. The van der Waals surface area contributed by atoms with E-state index in [0.29, 0.717) is 24.5 Å². The molecule has 1 aromatic rings. The predicted octanol–water partition coefficient (Wildman–Crippen LogP) is 1.57. The Balaban J connectivity index is 1.79. The summed E-state index contributed by atoms with van der Waals surface area (Å²) >= 11 is 0. The van der Waals surface area contributed by atoms with Crippen molar-refractivity contribution in [2.45, 2.75) is 51.5 Å². The van der Waals surface area contributed by atoms with Gasteiger partial charge in [-0.3, -0.25) is 9.59 Å². The number of rotatable bonds is 6. The molecule has 2 heterocycles. The summed E-state index contributed by atoms with van der Waals surface area (Å²) in [5.41, 5.74) is 0.600. The zero-order chi connectivity index (χ0) is 16.9. The second-order valence-electron chi connectivity index (χ2n) is 6.71. The fourth-order valence-corrected chi connectivity index (χ4v) is 3.65. The number of benzene rings is 1. The summed E-state index contributed by atoms with van der Waals surface area (Å²) in [6, 6.07) is 7.16. The first-order chi connectivity index (χ1) is 11.7. The molecule has 0 aliphatic carbocycles. The summed E-state index contributed by atoms with van der Waals surface area (Å²) in [5.74, 6) is 0.458. The number of para-hydroxylation sites is 2. The highest BCUT2D eigenvalue weighted by molar-refractivity contribution is 6.22. The molecule has 5 nitrogen and oxygen atoms in total. The van der Waals surface area contributed by atoms with Gasteiger partial charge in [0.25, 0.3) is 5.91 Å². The summed E-state index contributed by atoms with van der Waals surface area (Å²) in [7, 11) is 0. The van der Waals surface area contributed by atoms with Crippen LogP contribution < -0.4 is 14.5 Å². The van der Waals surface area contributed by atoms with Crippen molar-refractivity contribution in [3.8, 4) is 5.75 Å². The Bertz CT molecular complexity index is 596. The standard InChI is InChI=1S/C19H26N2O3/c1-2-3-13-24-17-10-6-5-9-15(17)21-18(22)14-16(19(21)23)20-11-7-4-8-12-20/h5-6,9-10,16H,2-4,7-8,11-14H2,1H3/p+1/t16-/m0/s1. The first-order valence-electron chi connectivity index (χ1n) is 9.15. The Morgan fingerprint density at radius 2 is 1.92 bits per heavy atom.